The Labute approximate surface area is 141 Å². The van der Waals surface area contributed by atoms with E-state index in [9.17, 15) is 8.42 Å². The lowest BCUT2D eigenvalue weighted by Gasteiger charge is -2.10. The lowest BCUT2D eigenvalue weighted by Crippen LogP contribution is -2.10. The summed E-state index contributed by atoms with van der Waals surface area (Å²) in [7, 11) is -3.33. The molecule has 0 fully saturated rings. The molecule has 0 aliphatic rings. The second-order valence-corrected chi connectivity index (χ2v) is 7.53. The van der Waals surface area contributed by atoms with Crippen LogP contribution in [0.15, 0.2) is 55.2 Å². The summed E-state index contributed by atoms with van der Waals surface area (Å²) in [5.74, 6) is 0.322. The lowest BCUT2D eigenvalue weighted by atomic mass is 9.96. The quantitative estimate of drug-likeness (QED) is 0.774. The normalized spacial score (nSPS) is 11.4. The summed E-state index contributed by atoms with van der Waals surface area (Å²) in [6.07, 6.45) is 4.62. The molecule has 4 nitrogen and oxygen atoms in total. The van der Waals surface area contributed by atoms with Gasteiger partial charge in [-0.05, 0) is 52.8 Å². The highest BCUT2D eigenvalue weighted by Gasteiger charge is 2.07. The van der Waals surface area contributed by atoms with Crippen molar-refractivity contribution < 1.29 is 8.42 Å². The first-order valence-corrected chi connectivity index (χ1v) is 9.36. The molecule has 0 amide bonds. The predicted octanol–water partition coefficient (Wildman–Crippen LogP) is 4.22. The highest BCUT2D eigenvalue weighted by Crippen LogP contribution is 2.28. The number of fused-ring (bicyclic) bond motifs is 1. The van der Waals surface area contributed by atoms with E-state index >= 15 is 0 Å². The Morgan fingerprint density at radius 1 is 1.08 bits per heavy atom. The molecule has 0 aliphatic carbocycles. The van der Waals surface area contributed by atoms with Crippen LogP contribution in [0, 0.1) is 6.92 Å². The Morgan fingerprint density at radius 3 is 2.58 bits per heavy atom. The number of rotatable bonds is 4. The molecule has 0 saturated heterocycles. The van der Waals surface area contributed by atoms with Crippen molar-refractivity contribution in [2.45, 2.75) is 6.92 Å². The van der Waals surface area contributed by atoms with Gasteiger partial charge in [-0.3, -0.25) is 4.72 Å². The van der Waals surface area contributed by atoms with Crippen molar-refractivity contribution in [1.29, 1.82) is 0 Å². The van der Waals surface area contributed by atoms with Gasteiger partial charge in [0.1, 0.15) is 5.82 Å². The van der Waals surface area contributed by atoms with Gasteiger partial charge in [-0.25, -0.2) is 13.4 Å². The summed E-state index contributed by atoms with van der Waals surface area (Å²) in [5.41, 5.74) is 4.49. The third-order valence-corrected chi connectivity index (χ3v) is 4.40. The number of hydrogen-bond acceptors (Lipinski definition) is 3. The molecule has 3 rings (SSSR count). The topological polar surface area (TPSA) is 59.1 Å². The fraction of sp³-hybridized carbons (Fsp3) is 0.105. The minimum atomic E-state index is -3.33. The molecule has 1 aromatic heterocycles. The van der Waals surface area contributed by atoms with Gasteiger partial charge in [0.2, 0.25) is 10.0 Å². The summed E-state index contributed by atoms with van der Waals surface area (Å²) < 4.78 is 25.0. The molecule has 1 heterocycles. The molecule has 2 aromatic carbocycles. The highest BCUT2D eigenvalue weighted by atomic mass is 32.2. The second-order valence-electron chi connectivity index (χ2n) is 5.78. The summed E-state index contributed by atoms with van der Waals surface area (Å²) >= 11 is 0. The van der Waals surface area contributed by atoms with Gasteiger partial charge in [-0.2, -0.15) is 0 Å². The maximum Gasteiger partial charge on any atom is 0.230 e. The molecule has 24 heavy (non-hydrogen) atoms. The molecule has 122 valence electrons. The highest BCUT2D eigenvalue weighted by molar-refractivity contribution is 7.92. The molecule has 0 atom stereocenters. The Morgan fingerprint density at radius 2 is 1.88 bits per heavy atom. The number of pyridine rings is 1. The molecule has 5 heteroatoms. The third-order valence-electron chi connectivity index (χ3n) is 3.82. The van der Waals surface area contributed by atoms with Gasteiger partial charge in [0.05, 0.1) is 6.26 Å². The molecule has 0 aliphatic heterocycles. The first-order chi connectivity index (χ1) is 11.4. The van der Waals surface area contributed by atoms with Crippen LogP contribution in [-0.4, -0.2) is 19.7 Å². The van der Waals surface area contributed by atoms with E-state index in [1.54, 1.807) is 12.3 Å². The van der Waals surface area contributed by atoms with E-state index in [0.29, 0.717) is 5.82 Å². The summed E-state index contributed by atoms with van der Waals surface area (Å²) in [5, 5.41) is 1.88. The van der Waals surface area contributed by atoms with Gasteiger partial charge < -0.3 is 0 Å². The summed E-state index contributed by atoms with van der Waals surface area (Å²) in [6.45, 7) is 5.89. The number of aromatic nitrogens is 1. The van der Waals surface area contributed by atoms with Crippen LogP contribution < -0.4 is 4.72 Å². The maximum absolute atomic E-state index is 11.3. The van der Waals surface area contributed by atoms with Gasteiger partial charge in [0.25, 0.3) is 0 Å². The number of hydrogen-bond donors (Lipinski definition) is 1. The average molecular weight is 338 g/mol. The van der Waals surface area contributed by atoms with E-state index in [1.807, 2.05) is 24.3 Å². The van der Waals surface area contributed by atoms with Crippen molar-refractivity contribution in [2.75, 3.05) is 11.0 Å². The SMILES string of the molecule is C=Cc1ccc(C)c(-c2ccc3cc(NS(C)(=O)=O)ncc3c2)c1. The van der Waals surface area contributed by atoms with Gasteiger partial charge in [0, 0.05) is 11.6 Å². The van der Waals surface area contributed by atoms with Crippen molar-refractivity contribution in [2.24, 2.45) is 0 Å². The minimum Gasteiger partial charge on any atom is -0.268 e. The number of benzene rings is 2. The van der Waals surface area contributed by atoms with Crippen molar-refractivity contribution >= 4 is 32.7 Å². The van der Waals surface area contributed by atoms with E-state index in [2.05, 4.69) is 41.4 Å². The molecule has 1 N–H and O–H groups in total. The third kappa shape index (κ3) is 3.46. The van der Waals surface area contributed by atoms with E-state index < -0.39 is 10.0 Å². The van der Waals surface area contributed by atoms with Gasteiger partial charge in [-0.15, -0.1) is 0 Å². The fourth-order valence-electron chi connectivity index (χ4n) is 2.63. The maximum atomic E-state index is 11.3. The zero-order valence-electron chi connectivity index (χ0n) is 13.6. The molecular formula is C19H18N2O2S. The molecule has 3 aromatic rings. The van der Waals surface area contributed by atoms with Crippen LogP contribution >= 0.6 is 0 Å². The Balaban J connectivity index is 2.06. The van der Waals surface area contributed by atoms with Crippen LogP contribution in [0.25, 0.3) is 28.0 Å². The van der Waals surface area contributed by atoms with Gasteiger partial charge in [0.15, 0.2) is 0 Å². The van der Waals surface area contributed by atoms with Crippen LogP contribution in [0.2, 0.25) is 0 Å². The van der Waals surface area contributed by atoms with Crippen LogP contribution in [-0.2, 0) is 10.0 Å². The molecule has 0 saturated carbocycles. The van der Waals surface area contributed by atoms with E-state index in [-0.39, 0.29) is 0 Å². The summed E-state index contributed by atoms with van der Waals surface area (Å²) in [6, 6.07) is 14.0. The molecule has 0 unspecified atom stereocenters. The van der Waals surface area contributed by atoms with Gasteiger partial charge in [-0.1, -0.05) is 36.9 Å². The van der Waals surface area contributed by atoms with Crippen molar-refractivity contribution in [1.82, 2.24) is 4.98 Å². The predicted molar refractivity (Wildman–Crippen MR) is 100 cm³/mol. The molecule has 0 bridgehead atoms. The number of nitrogens with one attached hydrogen (secondary N) is 1. The second kappa shape index (κ2) is 6.09. The number of aryl methyl sites for hydroxylation is 1. The van der Waals surface area contributed by atoms with Crippen LogP contribution in [0.3, 0.4) is 0 Å². The van der Waals surface area contributed by atoms with Crippen LogP contribution in [0.4, 0.5) is 5.82 Å². The first-order valence-electron chi connectivity index (χ1n) is 7.47. The summed E-state index contributed by atoms with van der Waals surface area (Å²) in [4.78, 5) is 4.18. The minimum absolute atomic E-state index is 0.322. The van der Waals surface area contributed by atoms with Crippen molar-refractivity contribution in [3.63, 3.8) is 0 Å². The van der Waals surface area contributed by atoms with E-state index in [0.717, 1.165) is 33.7 Å². The van der Waals surface area contributed by atoms with Gasteiger partial charge >= 0.3 is 0 Å². The van der Waals surface area contributed by atoms with E-state index in [1.165, 1.54) is 5.56 Å². The smallest absolute Gasteiger partial charge is 0.230 e. The van der Waals surface area contributed by atoms with Crippen molar-refractivity contribution in [3.05, 3.63) is 66.4 Å². The van der Waals surface area contributed by atoms with Crippen LogP contribution in [0.5, 0.6) is 0 Å². The lowest BCUT2D eigenvalue weighted by molar-refractivity contribution is 0.606. The zero-order chi connectivity index (χ0) is 17.3. The van der Waals surface area contributed by atoms with Crippen LogP contribution in [0.1, 0.15) is 11.1 Å². The zero-order valence-corrected chi connectivity index (χ0v) is 14.4. The fourth-order valence-corrected chi connectivity index (χ4v) is 3.12. The monoisotopic (exact) mass is 338 g/mol. The van der Waals surface area contributed by atoms with Crippen molar-refractivity contribution in [3.8, 4) is 11.1 Å². The largest absolute Gasteiger partial charge is 0.268 e. The molecule has 0 radical (unpaired) electrons. The standard InChI is InChI=1S/C19H18N2O2S/c1-4-14-6-5-13(2)18(9-14)16-8-7-15-11-19(21-24(3,22)23)20-12-17(15)10-16/h4-12H,1H2,2-3H3,(H,20,21). The molecular weight excluding hydrogens is 320 g/mol. The van der Waals surface area contributed by atoms with E-state index in [4.69, 9.17) is 0 Å². The average Bonchev–Trinajstić information content (AvgIpc) is 2.53. The first kappa shape index (κ1) is 16.2. The number of anilines is 1. The Bertz CT molecular complexity index is 1040. The number of sulfonamides is 1. The Kier molecular flexibility index (Phi) is 4.11. The molecule has 0 spiro atoms. The Hall–Kier alpha value is -2.66. The number of nitrogens with zero attached hydrogens (tertiary/aromatic N) is 1.